The van der Waals surface area contributed by atoms with Crippen molar-refractivity contribution < 1.29 is 4.79 Å². The molecule has 0 radical (unpaired) electrons. The van der Waals surface area contributed by atoms with Gasteiger partial charge in [-0.1, -0.05) is 13.8 Å². The molecule has 1 fully saturated rings. The number of amides is 1. The molecule has 2 N–H and O–H groups in total. The van der Waals surface area contributed by atoms with Gasteiger partial charge in [-0.2, -0.15) is 0 Å². The molecule has 0 unspecified atom stereocenters. The third kappa shape index (κ3) is 5.89. The van der Waals surface area contributed by atoms with Crippen molar-refractivity contribution in [1.29, 1.82) is 0 Å². The summed E-state index contributed by atoms with van der Waals surface area (Å²) >= 11 is 0. The highest BCUT2D eigenvalue weighted by atomic mass is 16.2. The maximum atomic E-state index is 12.2. The predicted octanol–water partition coefficient (Wildman–Crippen LogP) is 0.0656. The van der Waals surface area contributed by atoms with Gasteiger partial charge in [0.2, 0.25) is 5.91 Å². The number of nitrogens with zero attached hydrogens (tertiary/aromatic N) is 3. The molecule has 0 saturated carbocycles. The first kappa shape index (κ1) is 16.4. The average molecular weight is 270 g/mol. The van der Waals surface area contributed by atoms with Crippen molar-refractivity contribution in [2.24, 2.45) is 11.7 Å². The summed E-state index contributed by atoms with van der Waals surface area (Å²) in [5.41, 5.74) is 5.97. The summed E-state index contributed by atoms with van der Waals surface area (Å²) in [5.74, 6) is 0.598. The highest BCUT2D eigenvalue weighted by molar-refractivity contribution is 5.81. The van der Waals surface area contributed by atoms with Gasteiger partial charge in [0.15, 0.2) is 0 Å². The third-order valence-electron chi connectivity index (χ3n) is 3.59. The molecule has 0 aliphatic carbocycles. The van der Waals surface area contributed by atoms with Gasteiger partial charge < -0.3 is 15.5 Å². The van der Waals surface area contributed by atoms with Crippen LogP contribution < -0.4 is 5.73 Å². The predicted molar refractivity (Wildman–Crippen MR) is 79.0 cm³/mol. The second-order valence-corrected chi connectivity index (χ2v) is 6.21. The largest absolute Gasteiger partial charge is 0.339 e. The summed E-state index contributed by atoms with van der Waals surface area (Å²) < 4.78 is 0. The Labute approximate surface area is 117 Å². The molecule has 5 nitrogen and oxygen atoms in total. The number of hydrogen-bond acceptors (Lipinski definition) is 4. The van der Waals surface area contributed by atoms with Gasteiger partial charge in [-0.15, -0.1) is 0 Å². The Kier molecular flexibility index (Phi) is 6.75. The van der Waals surface area contributed by atoms with Crippen LogP contribution in [-0.2, 0) is 4.79 Å². The molecule has 0 aromatic heterocycles. The summed E-state index contributed by atoms with van der Waals surface area (Å²) in [5, 5.41) is 0. The molecule has 112 valence electrons. The van der Waals surface area contributed by atoms with E-state index in [4.69, 9.17) is 5.73 Å². The van der Waals surface area contributed by atoms with Gasteiger partial charge in [-0.05, 0) is 26.4 Å². The summed E-state index contributed by atoms with van der Waals surface area (Å²) in [7, 11) is 4.18. The summed E-state index contributed by atoms with van der Waals surface area (Å²) in [4.78, 5) is 18.7. The first-order valence-electron chi connectivity index (χ1n) is 7.31. The fourth-order valence-corrected chi connectivity index (χ4v) is 2.38. The van der Waals surface area contributed by atoms with Gasteiger partial charge in [-0.3, -0.25) is 9.69 Å². The number of rotatable bonds is 6. The Balaban J connectivity index is 2.30. The molecule has 0 bridgehead atoms. The van der Waals surface area contributed by atoms with Gasteiger partial charge in [0, 0.05) is 39.3 Å². The van der Waals surface area contributed by atoms with Crippen molar-refractivity contribution in [3.05, 3.63) is 0 Å². The first-order valence-corrected chi connectivity index (χ1v) is 7.31. The van der Waals surface area contributed by atoms with Crippen LogP contribution in [0.25, 0.3) is 0 Å². The maximum Gasteiger partial charge on any atom is 0.239 e. The fraction of sp³-hybridized carbons (Fsp3) is 0.929. The van der Waals surface area contributed by atoms with E-state index in [1.807, 2.05) is 4.90 Å². The van der Waals surface area contributed by atoms with E-state index in [1.165, 1.54) is 0 Å². The van der Waals surface area contributed by atoms with Gasteiger partial charge in [0.25, 0.3) is 0 Å². The topological polar surface area (TPSA) is 52.8 Å². The summed E-state index contributed by atoms with van der Waals surface area (Å²) in [6.07, 6.45) is 0.777. The Morgan fingerprint density at radius 1 is 1.21 bits per heavy atom. The zero-order valence-electron chi connectivity index (χ0n) is 12.9. The van der Waals surface area contributed by atoms with Gasteiger partial charge in [0.1, 0.15) is 0 Å². The molecule has 1 aliphatic rings. The lowest BCUT2D eigenvalue weighted by molar-refractivity contribution is -0.134. The minimum absolute atomic E-state index is 0.126. The van der Waals surface area contributed by atoms with Crippen LogP contribution in [-0.4, -0.2) is 80.0 Å². The normalized spacial score (nSPS) is 19.2. The molecule has 0 aromatic rings. The van der Waals surface area contributed by atoms with Crippen LogP contribution in [0.15, 0.2) is 0 Å². The average Bonchev–Trinajstić information content (AvgIpc) is 2.35. The van der Waals surface area contributed by atoms with Crippen LogP contribution in [0.2, 0.25) is 0 Å². The lowest BCUT2D eigenvalue weighted by Crippen LogP contribution is -2.54. The van der Waals surface area contributed by atoms with E-state index in [-0.39, 0.29) is 11.9 Å². The van der Waals surface area contributed by atoms with Crippen molar-refractivity contribution in [1.82, 2.24) is 14.7 Å². The second-order valence-electron chi connectivity index (χ2n) is 6.21. The number of likely N-dealkylation sites (N-methyl/N-ethyl adjacent to an activating group) is 1. The molecule has 1 rings (SSSR count). The van der Waals surface area contributed by atoms with E-state index in [9.17, 15) is 4.79 Å². The Morgan fingerprint density at radius 3 is 2.26 bits per heavy atom. The van der Waals surface area contributed by atoms with E-state index in [2.05, 4.69) is 37.7 Å². The fourth-order valence-electron chi connectivity index (χ4n) is 2.38. The molecule has 19 heavy (non-hydrogen) atoms. The highest BCUT2D eigenvalue weighted by Gasteiger charge is 2.25. The van der Waals surface area contributed by atoms with E-state index in [0.717, 1.165) is 45.7 Å². The quantitative estimate of drug-likeness (QED) is 0.742. The lowest BCUT2D eigenvalue weighted by atomic mass is 10.0. The third-order valence-corrected chi connectivity index (χ3v) is 3.59. The van der Waals surface area contributed by atoms with Crippen molar-refractivity contribution in [3.63, 3.8) is 0 Å². The highest BCUT2D eigenvalue weighted by Crippen LogP contribution is 2.08. The van der Waals surface area contributed by atoms with Crippen molar-refractivity contribution in [2.75, 3.05) is 53.4 Å². The molecule has 0 aromatic carbocycles. The van der Waals surface area contributed by atoms with E-state index >= 15 is 0 Å². The molecule has 1 aliphatic heterocycles. The monoisotopic (exact) mass is 270 g/mol. The zero-order valence-corrected chi connectivity index (χ0v) is 12.9. The van der Waals surface area contributed by atoms with E-state index < -0.39 is 0 Å². The van der Waals surface area contributed by atoms with E-state index in [0.29, 0.717) is 5.92 Å². The Morgan fingerprint density at radius 2 is 1.79 bits per heavy atom. The molecule has 0 spiro atoms. The molecule has 1 amide bonds. The van der Waals surface area contributed by atoms with Crippen LogP contribution in [0.3, 0.4) is 0 Å². The Bertz CT molecular complexity index is 273. The second kappa shape index (κ2) is 7.82. The van der Waals surface area contributed by atoms with Gasteiger partial charge in [-0.25, -0.2) is 0 Å². The van der Waals surface area contributed by atoms with Gasteiger partial charge in [0.05, 0.1) is 6.04 Å². The zero-order chi connectivity index (χ0) is 14.4. The minimum Gasteiger partial charge on any atom is -0.339 e. The van der Waals surface area contributed by atoms with Crippen molar-refractivity contribution >= 4 is 5.91 Å². The number of piperazine rings is 1. The molecule has 1 atom stereocenters. The van der Waals surface area contributed by atoms with Crippen LogP contribution in [0.4, 0.5) is 0 Å². The maximum absolute atomic E-state index is 12.2. The SMILES string of the molecule is CC(C)C[C@H](N)C(=O)N1CCN(CCN(C)C)CC1. The summed E-state index contributed by atoms with van der Waals surface area (Å²) in [6.45, 7) is 9.92. The Hall–Kier alpha value is -0.650. The molecular formula is C14H30N4O. The summed E-state index contributed by atoms with van der Waals surface area (Å²) in [6, 6.07) is -0.326. The van der Waals surface area contributed by atoms with Crippen molar-refractivity contribution in [2.45, 2.75) is 26.3 Å². The van der Waals surface area contributed by atoms with Crippen LogP contribution in [0.5, 0.6) is 0 Å². The van der Waals surface area contributed by atoms with E-state index in [1.54, 1.807) is 0 Å². The standard InChI is InChI=1S/C14H30N4O/c1-12(2)11-13(15)14(19)18-9-7-17(8-10-18)6-5-16(3)4/h12-13H,5-11,15H2,1-4H3/t13-/m0/s1. The molecule has 5 heteroatoms. The molecule has 1 saturated heterocycles. The van der Waals surface area contributed by atoms with Crippen LogP contribution in [0, 0.1) is 5.92 Å². The molecule has 1 heterocycles. The number of hydrogen-bond donors (Lipinski definition) is 1. The smallest absolute Gasteiger partial charge is 0.239 e. The molecular weight excluding hydrogens is 240 g/mol. The number of nitrogens with two attached hydrogens (primary N) is 1. The van der Waals surface area contributed by atoms with Crippen LogP contribution >= 0.6 is 0 Å². The number of carbonyl (C=O) groups excluding carboxylic acids is 1. The number of carbonyl (C=O) groups is 1. The van der Waals surface area contributed by atoms with Crippen LogP contribution in [0.1, 0.15) is 20.3 Å². The first-order chi connectivity index (χ1) is 8.90. The lowest BCUT2D eigenvalue weighted by Gasteiger charge is -2.36. The van der Waals surface area contributed by atoms with Gasteiger partial charge >= 0.3 is 0 Å². The minimum atomic E-state index is -0.326. The van der Waals surface area contributed by atoms with Crippen molar-refractivity contribution in [3.8, 4) is 0 Å².